The van der Waals surface area contributed by atoms with Crippen molar-refractivity contribution in [1.82, 2.24) is 9.97 Å². The van der Waals surface area contributed by atoms with Crippen LogP contribution >= 0.6 is 11.6 Å². The fraction of sp³-hybridized carbons (Fsp3) is 0.154. The van der Waals surface area contributed by atoms with Crippen LogP contribution in [0.1, 0.15) is 5.56 Å². The maximum atomic E-state index is 6.26. The highest BCUT2D eigenvalue weighted by molar-refractivity contribution is 6.38. The average Bonchev–Trinajstić information content (AvgIpc) is 2.69. The van der Waals surface area contributed by atoms with E-state index < -0.39 is 0 Å². The summed E-state index contributed by atoms with van der Waals surface area (Å²) in [7, 11) is 1.65. The summed E-state index contributed by atoms with van der Waals surface area (Å²) in [6.07, 6.45) is 1.83. The minimum Gasteiger partial charge on any atom is -0.495 e. The molecule has 2 aromatic heterocycles. The van der Waals surface area contributed by atoms with Crippen molar-refractivity contribution < 1.29 is 4.74 Å². The van der Waals surface area contributed by atoms with E-state index in [1.54, 1.807) is 7.11 Å². The Morgan fingerprint density at radius 1 is 1.35 bits per heavy atom. The number of pyridine rings is 1. The molecule has 0 radical (unpaired) electrons. The van der Waals surface area contributed by atoms with Crippen LogP contribution in [0.25, 0.3) is 21.9 Å². The molecule has 0 saturated heterocycles. The number of halogens is 1. The Hall–Kier alpha value is -1.74. The van der Waals surface area contributed by atoms with Crippen molar-refractivity contribution in [3.05, 3.63) is 35.0 Å². The average molecular weight is 247 g/mol. The van der Waals surface area contributed by atoms with Gasteiger partial charge in [-0.2, -0.15) is 0 Å². The van der Waals surface area contributed by atoms with Gasteiger partial charge >= 0.3 is 0 Å². The molecule has 0 unspecified atom stereocenters. The molecule has 0 fully saturated rings. The van der Waals surface area contributed by atoms with Gasteiger partial charge in [0.05, 0.1) is 17.6 Å². The molecule has 86 valence electrons. The third-order valence-electron chi connectivity index (χ3n) is 2.87. The highest BCUT2D eigenvalue weighted by Gasteiger charge is 2.12. The first-order valence-corrected chi connectivity index (χ1v) is 5.69. The predicted molar refractivity (Wildman–Crippen MR) is 69.9 cm³/mol. The zero-order chi connectivity index (χ0) is 12.0. The van der Waals surface area contributed by atoms with Crippen molar-refractivity contribution in [3.8, 4) is 5.75 Å². The van der Waals surface area contributed by atoms with Gasteiger partial charge in [0.2, 0.25) is 0 Å². The summed E-state index contributed by atoms with van der Waals surface area (Å²) < 4.78 is 5.32. The second-order valence-corrected chi connectivity index (χ2v) is 4.44. The molecule has 1 aromatic carbocycles. The van der Waals surface area contributed by atoms with Gasteiger partial charge in [-0.15, -0.1) is 0 Å². The first kappa shape index (κ1) is 10.4. The van der Waals surface area contributed by atoms with Gasteiger partial charge in [-0.3, -0.25) is 0 Å². The van der Waals surface area contributed by atoms with E-state index in [2.05, 4.69) is 16.0 Å². The van der Waals surface area contributed by atoms with Gasteiger partial charge in [-0.05, 0) is 30.7 Å². The van der Waals surface area contributed by atoms with E-state index in [9.17, 15) is 0 Å². The predicted octanol–water partition coefficient (Wildman–Crippen LogP) is 3.69. The van der Waals surface area contributed by atoms with Crippen LogP contribution in [0.3, 0.4) is 0 Å². The van der Waals surface area contributed by atoms with Crippen molar-refractivity contribution in [3.63, 3.8) is 0 Å². The van der Waals surface area contributed by atoms with Crippen LogP contribution in [-0.4, -0.2) is 17.1 Å². The summed E-state index contributed by atoms with van der Waals surface area (Å²) in [5.74, 6) is 0.778. The lowest BCUT2D eigenvalue weighted by Crippen LogP contribution is -1.83. The van der Waals surface area contributed by atoms with Crippen LogP contribution in [0.15, 0.2) is 24.4 Å². The third kappa shape index (κ3) is 1.46. The molecule has 0 aliphatic carbocycles. The number of hydrogen-bond acceptors (Lipinski definition) is 2. The normalized spacial score (nSPS) is 11.2. The minimum absolute atomic E-state index is 0.708. The first-order chi connectivity index (χ1) is 8.20. The molecule has 3 rings (SSSR count). The van der Waals surface area contributed by atoms with Gasteiger partial charge in [0, 0.05) is 17.0 Å². The van der Waals surface area contributed by atoms with Crippen LogP contribution in [0.5, 0.6) is 5.75 Å². The summed E-state index contributed by atoms with van der Waals surface area (Å²) >= 11 is 6.26. The standard InChI is InChI=1S/C13H11ClN2O/c1-7-5-8-11-9(14)3-4-10(17-2)12(11)16-13(8)15-6-7/h3-6H,1-2H3,(H,15,16). The van der Waals surface area contributed by atoms with Crippen LogP contribution in [0.2, 0.25) is 5.02 Å². The summed E-state index contributed by atoms with van der Waals surface area (Å²) in [5.41, 5.74) is 2.84. The van der Waals surface area contributed by atoms with Crippen molar-refractivity contribution >= 4 is 33.5 Å². The second kappa shape index (κ2) is 3.64. The van der Waals surface area contributed by atoms with Gasteiger partial charge in [0.1, 0.15) is 11.4 Å². The van der Waals surface area contributed by atoms with E-state index in [0.29, 0.717) is 5.02 Å². The Bertz CT molecular complexity index is 718. The molecule has 0 spiro atoms. The zero-order valence-electron chi connectivity index (χ0n) is 9.54. The monoisotopic (exact) mass is 246 g/mol. The maximum absolute atomic E-state index is 6.26. The number of fused-ring (bicyclic) bond motifs is 3. The Labute approximate surface area is 103 Å². The van der Waals surface area contributed by atoms with Gasteiger partial charge < -0.3 is 9.72 Å². The molecule has 4 heteroatoms. The second-order valence-electron chi connectivity index (χ2n) is 4.03. The Balaban J connectivity index is 2.55. The number of nitrogens with zero attached hydrogens (tertiary/aromatic N) is 1. The summed E-state index contributed by atoms with van der Waals surface area (Å²) in [4.78, 5) is 7.61. The highest BCUT2D eigenvalue weighted by Crippen LogP contribution is 2.36. The molecule has 0 atom stereocenters. The van der Waals surface area contributed by atoms with Gasteiger partial charge in [-0.1, -0.05) is 11.6 Å². The van der Waals surface area contributed by atoms with E-state index in [-0.39, 0.29) is 0 Å². The van der Waals surface area contributed by atoms with Crippen LogP contribution in [0.4, 0.5) is 0 Å². The molecule has 0 saturated carbocycles. The fourth-order valence-corrected chi connectivity index (χ4v) is 2.35. The number of benzene rings is 1. The molecule has 0 aliphatic rings. The van der Waals surface area contributed by atoms with Crippen molar-refractivity contribution in [1.29, 1.82) is 0 Å². The number of aromatic nitrogens is 2. The number of methoxy groups -OCH3 is 1. The number of aromatic amines is 1. The molecular formula is C13H11ClN2O. The molecule has 1 N–H and O–H groups in total. The number of H-pyrrole nitrogens is 1. The largest absolute Gasteiger partial charge is 0.495 e. The zero-order valence-corrected chi connectivity index (χ0v) is 10.3. The van der Waals surface area contributed by atoms with Crippen LogP contribution < -0.4 is 4.74 Å². The summed E-state index contributed by atoms with van der Waals surface area (Å²) in [6.45, 7) is 2.01. The Morgan fingerprint density at radius 2 is 2.18 bits per heavy atom. The number of aryl methyl sites for hydroxylation is 1. The van der Waals surface area contributed by atoms with E-state index in [1.165, 1.54) is 0 Å². The van der Waals surface area contributed by atoms with Crippen LogP contribution in [0, 0.1) is 6.92 Å². The molecule has 3 aromatic rings. The minimum atomic E-state index is 0.708. The van der Waals surface area contributed by atoms with Gasteiger partial charge in [0.25, 0.3) is 0 Å². The molecule has 0 aliphatic heterocycles. The molecule has 17 heavy (non-hydrogen) atoms. The Kier molecular flexibility index (Phi) is 2.23. The van der Waals surface area contributed by atoms with E-state index >= 15 is 0 Å². The highest BCUT2D eigenvalue weighted by atomic mass is 35.5. The SMILES string of the molecule is COc1ccc(Cl)c2c1[nH]c1ncc(C)cc12. The van der Waals surface area contributed by atoms with Gasteiger partial charge in [-0.25, -0.2) is 4.98 Å². The van der Waals surface area contributed by atoms with E-state index in [1.807, 2.05) is 25.3 Å². The topological polar surface area (TPSA) is 37.9 Å². The Morgan fingerprint density at radius 3 is 2.94 bits per heavy atom. The first-order valence-electron chi connectivity index (χ1n) is 5.31. The maximum Gasteiger partial charge on any atom is 0.143 e. The number of nitrogens with one attached hydrogen (secondary N) is 1. The van der Waals surface area contributed by atoms with E-state index in [0.717, 1.165) is 33.2 Å². The molecule has 0 amide bonds. The van der Waals surface area contributed by atoms with Crippen molar-refractivity contribution in [2.45, 2.75) is 6.92 Å². The number of ether oxygens (including phenoxy) is 1. The number of rotatable bonds is 1. The summed E-state index contributed by atoms with van der Waals surface area (Å²) in [6, 6.07) is 5.78. The van der Waals surface area contributed by atoms with E-state index in [4.69, 9.17) is 16.3 Å². The number of hydrogen-bond donors (Lipinski definition) is 1. The van der Waals surface area contributed by atoms with Gasteiger partial charge in [0.15, 0.2) is 0 Å². The van der Waals surface area contributed by atoms with Crippen molar-refractivity contribution in [2.75, 3.05) is 7.11 Å². The lowest BCUT2D eigenvalue weighted by Gasteiger charge is -2.02. The van der Waals surface area contributed by atoms with Crippen LogP contribution in [-0.2, 0) is 0 Å². The fourth-order valence-electron chi connectivity index (χ4n) is 2.09. The molecular weight excluding hydrogens is 236 g/mol. The molecule has 2 heterocycles. The van der Waals surface area contributed by atoms with Crippen molar-refractivity contribution in [2.24, 2.45) is 0 Å². The lowest BCUT2D eigenvalue weighted by atomic mass is 10.1. The third-order valence-corrected chi connectivity index (χ3v) is 3.19. The lowest BCUT2D eigenvalue weighted by molar-refractivity contribution is 0.419. The molecule has 3 nitrogen and oxygen atoms in total. The summed E-state index contributed by atoms with van der Waals surface area (Å²) in [5, 5.41) is 2.71. The quantitative estimate of drug-likeness (QED) is 0.711. The molecule has 0 bridgehead atoms. The smallest absolute Gasteiger partial charge is 0.143 e.